The zero-order valence-corrected chi connectivity index (χ0v) is 13.6. The molecule has 0 saturated carbocycles. The molecule has 0 fully saturated rings. The van der Waals surface area contributed by atoms with Gasteiger partial charge in [0.25, 0.3) is 0 Å². The summed E-state index contributed by atoms with van der Waals surface area (Å²) >= 11 is 0. The van der Waals surface area contributed by atoms with Gasteiger partial charge in [0.15, 0.2) is 17.3 Å². The fraction of sp³-hybridized carbons (Fsp3) is 0.235. The fourth-order valence-electron chi connectivity index (χ4n) is 2.35. The van der Waals surface area contributed by atoms with E-state index in [1.54, 1.807) is 19.5 Å². The number of ether oxygens (including phenoxy) is 2. The van der Waals surface area contributed by atoms with Crippen molar-refractivity contribution in [2.75, 3.05) is 13.7 Å². The van der Waals surface area contributed by atoms with E-state index in [0.717, 1.165) is 11.1 Å². The van der Waals surface area contributed by atoms with Crippen molar-refractivity contribution < 1.29 is 9.47 Å². The summed E-state index contributed by atoms with van der Waals surface area (Å²) in [5.74, 6) is 2.45. The molecular formula is C17H19N5O2. The monoisotopic (exact) mass is 325 g/mol. The predicted molar refractivity (Wildman–Crippen MR) is 89.8 cm³/mol. The number of pyridine rings is 1. The number of nitrogens with zero attached hydrogens (tertiary/aromatic N) is 3. The van der Waals surface area contributed by atoms with E-state index < -0.39 is 6.04 Å². The molecule has 0 spiro atoms. The van der Waals surface area contributed by atoms with Crippen molar-refractivity contribution in [2.24, 2.45) is 5.73 Å². The van der Waals surface area contributed by atoms with Crippen molar-refractivity contribution in [1.82, 2.24) is 20.2 Å². The topological polar surface area (TPSA) is 98.9 Å². The molecule has 0 aliphatic rings. The van der Waals surface area contributed by atoms with Crippen LogP contribution in [0.2, 0.25) is 0 Å². The molecule has 2 heterocycles. The van der Waals surface area contributed by atoms with E-state index in [0.29, 0.717) is 29.8 Å². The first-order valence-electron chi connectivity index (χ1n) is 7.62. The van der Waals surface area contributed by atoms with Gasteiger partial charge in [-0.3, -0.25) is 10.1 Å². The number of aromatic amines is 1. The Bertz CT molecular complexity index is 804. The lowest BCUT2D eigenvalue weighted by Crippen LogP contribution is -2.14. The Morgan fingerprint density at radius 1 is 1.25 bits per heavy atom. The highest BCUT2D eigenvalue weighted by atomic mass is 16.5. The zero-order chi connectivity index (χ0) is 16.9. The van der Waals surface area contributed by atoms with Crippen LogP contribution < -0.4 is 15.2 Å². The Hall–Kier alpha value is -2.93. The van der Waals surface area contributed by atoms with Crippen molar-refractivity contribution in [1.29, 1.82) is 0 Å². The number of hydrogen-bond acceptors (Lipinski definition) is 6. The number of rotatable bonds is 6. The highest BCUT2D eigenvalue weighted by Crippen LogP contribution is 2.31. The van der Waals surface area contributed by atoms with E-state index in [1.807, 2.05) is 37.3 Å². The number of benzene rings is 1. The van der Waals surface area contributed by atoms with Gasteiger partial charge < -0.3 is 15.2 Å². The molecule has 0 radical (unpaired) electrons. The molecule has 3 rings (SSSR count). The van der Waals surface area contributed by atoms with Gasteiger partial charge >= 0.3 is 0 Å². The second-order valence-electron chi connectivity index (χ2n) is 5.11. The molecule has 3 N–H and O–H groups in total. The van der Waals surface area contributed by atoms with E-state index >= 15 is 0 Å². The lowest BCUT2D eigenvalue weighted by atomic mass is 10.1. The van der Waals surface area contributed by atoms with Gasteiger partial charge in [-0.25, -0.2) is 4.98 Å². The van der Waals surface area contributed by atoms with E-state index in [9.17, 15) is 0 Å². The fourth-order valence-corrected chi connectivity index (χ4v) is 2.35. The second kappa shape index (κ2) is 7.10. The van der Waals surface area contributed by atoms with Crippen molar-refractivity contribution in [2.45, 2.75) is 13.0 Å². The van der Waals surface area contributed by atoms with Crippen LogP contribution in [0.25, 0.3) is 11.4 Å². The Kier molecular flexibility index (Phi) is 4.72. The molecule has 0 aliphatic carbocycles. The Labute approximate surface area is 139 Å². The van der Waals surface area contributed by atoms with Crippen LogP contribution in [0.1, 0.15) is 24.4 Å². The van der Waals surface area contributed by atoms with Gasteiger partial charge in [0.05, 0.1) is 19.8 Å². The minimum Gasteiger partial charge on any atom is -0.493 e. The van der Waals surface area contributed by atoms with Crippen molar-refractivity contribution >= 4 is 0 Å². The summed E-state index contributed by atoms with van der Waals surface area (Å²) in [6.07, 6.45) is 3.41. The third-order valence-corrected chi connectivity index (χ3v) is 3.56. The zero-order valence-electron chi connectivity index (χ0n) is 13.6. The van der Waals surface area contributed by atoms with Gasteiger partial charge in [-0.2, -0.15) is 5.10 Å². The highest BCUT2D eigenvalue weighted by Gasteiger charge is 2.17. The van der Waals surface area contributed by atoms with Crippen LogP contribution in [-0.2, 0) is 0 Å². The van der Waals surface area contributed by atoms with Crippen LogP contribution in [0.4, 0.5) is 0 Å². The SMILES string of the molecule is CCOc1ccc(C(N)c2nc(-c3cccnc3)n[nH]2)cc1OC. The third kappa shape index (κ3) is 3.21. The summed E-state index contributed by atoms with van der Waals surface area (Å²) in [6, 6.07) is 8.86. The summed E-state index contributed by atoms with van der Waals surface area (Å²) < 4.78 is 10.9. The molecule has 0 aliphatic heterocycles. The minimum absolute atomic E-state index is 0.451. The van der Waals surface area contributed by atoms with E-state index in [1.165, 1.54) is 0 Å². The lowest BCUT2D eigenvalue weighted by Gasteiger charge is -2.13. The first kappa shape index (κ1) is 15.9. The average Bonchev–Trinajstić information content (AvgIpc) is 3.12. The maximum Gasteiger partial charge on any atom is 0.182 e. The Morgan fingerprint density at radius 2 is 2.12 bits per heavy atom. The molecule has 124 valence electrons. The Morgan fingerprint density at radius 3 is 2.83 bits per heavy atom. The highest BCUT2D eigenvalue weighted by molar-refractivity contribution is 5.52. The van der Waals surface area contributed by atoms with Gasteiger partial charge in [-0.05, 0) is 36.8 Å². The number of nitrogens with one attached hydrogen (secondary N) is 1. The molecule has 7 heteroatoms. The standard InChI is InChI=1S/C17H19N5O2/c1-3-24-13-7-6-11(9-14(13)23-2)15(18)17-20-16(21-22-17)12-5-4-8-19-10-12/h4-10,15H,3,18H2,1-2H3,(H,20,21,22). The number of aromatic nitrogens is 4. The largest absolute Gasteiger partial charge is 0.493 e. The number of methoxy groups -OCH3 is 1. The van der Waals surface area contributed by atoms with Crippen LogP contribution in [0, 0.1) is 0 Å². The molecular weight excluding hydrogens is 306 g/mol. The molecule has 0 bridgehead atoms. The number of nitrogens with two attached hydrogens (primary N) is 1. The quantitative estimate of drug-likeness (QED) is 0.721. The van der Waals surface area contributed by atoms with Crippen molar-refractivity contribution in [3.05, 3.63) is 54.1 Å². The summed E-state index contributed by atoms with van der Waals surface area (Å²) in [4.78, 5) is 8.53. The van der Waals surface area contributed by atoms with Crippen LogP contribution in [0.5, 0.6) is 11.5 Å². The first-order valence-corrected chi connectivity index (χ1v) is 7.62. The van der Waals surface area contributed by atoms with Crippen molar-refractivity contribution in [3.8, 4) is 22.9 Å². The van der Waals surface area contributed by atoms with Crippen LogP contribution in [0.3, 0.4) is 0 Å². The van der Waals surface area contributed by atoms with Crippen LogP contribution in [0.15, 0.2) is 42.7 Å². The predicted octanol–water partition coefficient (Wildman–Crippen LogP) is 2.32. The molecule has 0 amide bonds. The van der Waals surface area contributed by atoms with Gasteiger partial charge in [-0.15, -0.1) is 0 Å². The van der Waals surface area contributed by atoms with Gasteiger partial charge in [-0.1, -0.05) is 6.07 Å². The molecule has 1 unspecified atom stereocenters. The molecule has 7 nitrogen and oxygen atoms in total. The number of H-pyrrole nitrogens is 1. The second-order valence-corrected chi connectivity index (χ2v) is 5.11. The summed E-state index contributed by atoms with van der Waals surface area (Å²) in [7, 11) is 1.60. The average molecular weight is 325 g/mol. The normalized spacial score (nSPS) is 12.0. The molecule has 0 saturated heterocycles. The van der Waals surface area contributed by atoms with Crippen LogP contribution >= 0.6 is 0 Å². The molecule has 1 aromatic carbocycles. The maximum absolute atomic E-state index is 6.31. The molecule has 3 aromatic rings. The number of hydrogen-bond donors (Lipinski definition) is 2. The van der Waals surface area contributed by atoms with E-state index in [-0.39, 0.29) is 0 Å². The molecule has 1 atom stereocenters. The minimum atomic E-state index is -0.451. The van der Waals surface area contributed by atoms with Gasteiger partial charge in [0, 0.05) is 18.0 Å². The molecule has 24 heavy (non-hydrogen) atoms. The van der Waals surface area contributed by atoms with Gasteiger partial charge in [0.2, 0.25) is 0 Å². The molecule has 2 aromatic heterocycles. The Balaban J connectivity index is 1.87. The first-order chi connectivity index (χ1) is 11.7. The summed E-state index contributed by atoms with van der Waals surface area (Å²) in [5.41, 5.74) is 7.99. The smallest absolute Gasteiger partial charge is 0.182 e. The van der Waals surface area contributed by atoms with Crippen LogP contribution in [-0.4, -0.2) is 33.9 Å². The van der Waals surface area contributed by atoms with Crippen molar-refractivity contribution in [3.63, 3.8) is 0 Å². The summed E-state index contributed by atoms with van der Waals surface area (Å²) in [6.45, 7) is 2.49. The van der Waals surface area contributed by atoms with E-state index in [4.69, 9.17) is 15.2 Å². The van der Waals surface area contributed by atoms with Gasteiger partial charge in [0.1, 0.15) is 5.82 Å². The third-order valence-electron chi connectivity index (χ3n) is 3.56. The summed E-state index contributed by atoms with van der Waals surface area (Å²) in [5, 5.41) is 7.10. The van der Waals surface area contributed by atoms with E-state index in [2.05, 4.69) is 20.2 Å². The maximum atomic E-state index is 6.31. The lowest BCUT2D eigenvalue weighted by molar-refractivity contribution is 0.310.